The highest BCUT2D eigenvalue weighted by Gasteiger charge is 2.13. The Bertz CT molecular complexity index is 684. The largest absolute Gasteiger partial charge is 0.507 e. The molecule has 0 unspecified atom stereocenters. The van der Waals surface area contributed by atoms with Crippen LogP contribution in [0.5, 0.6) is 5.75 Å². The molecule has 102 valence electrons. The van der Waals surface area contributed by atoms with Crippen molar-refractivity contribution in [1.29, 1.82) is 0 Å². The topological polar surface area (TPSA) is 57.5 Å². The Morgan fingerprint density at radius 2 is 1.80 bits per heavy atom. The van der Waals surface area contributed by atoms with Crippen molar-refractivity contribution in [2.75, 3.05) is 0 Å². The van der Waals surface area contributed by atoms with Gasteiger partial charge < -0.3 is 10.2 Å². The summed E-state index contributed by atoms with van der Waals surface area (Å²) in [6.07, 6.45) is 1.50. The number of carbonyl (C=O) groups is 1. The monoisotopic (exact) mass is 268 g/mol. The molecule has 3 heteroatoms. The minimum Gasteiger partial charge on any atom is -0.507 e. The van der Waals surface area contributed by atoms with Crippen LogP contribution in [0, 0.1) is 13.8 Å². The van der Waals surface area contributed by atoms with Crippen LogP contribution in [0.1, 0.15) is 22.3 Å². The molecule has 0 radical (unpaired) electrons. The molecule has 2 N–H and O–H groups in total. The second kappa shape index (κ2) is 5.61. The number of carboxylic acid groups (broad SMARTS) is 1. The number of rotatable bonds is 3. The fourth-order valence-corrected chi connectivity index (χ4v) is 2.14. The predicted molar refractivity (Wildman–Crippen MR) is 79.5 cm³/mol. The van der Waals surface area contributed by atoms with Crippen LogP contribution in [-0.4, -0.2) is 16.2 Å². The Morgan fingerprint density at radius 3 is 2.40 bits per heavy atom. The molecule has 0 amide bonds. The van der Waals surface area contributed by atoms with Crippen LogP contribution in [0.15, 0.2) is 42.5 Å². The maximum atomic E-state index is 11.5. The molecule has 0 aliphatic rings. The van der Waals surface area contributed by atoms with Crippen LogP contribution >= 0.6 is 0 Å². The molecule has 0 heterocycles. The molecule has 0 aromatic heterocycles. The van der Waals surface area contributed by atoms with Crippen LogP contribution in [0.4, 0.5) is 0 Å². The Hall–Kier alpha value is -2.55. The number of hydrogen-bond donors (Lipinski definition) is 2. The number of carboxylic acids is 1. The lowest BCUT2D eigenvalue weighted by Crippen LogP contribution is -2.02. The summed E-state index contributed by atoms with van der Waals surface area (Å²) >= 11 is 0. The summed E-state index contributed by atoms with van der Waals surface area (Å²) < 4.78 is 0. The molecule has 0 bridgehead atoms. The number of hydrogen-bond acceptors (Lipinski definition) is 2. The normalized spacial score (nSPS) is 11.4. The molecule has 0 spiro atoms. The lowest BCUT2D eigenvalue weighted by atomic mass is 9.97. The van der Waals surface area contributed by atoms with Crippen molar-refractivity contribution in [2.24, 2.45) is 0 Å². The van der Waals surface area contributed by atoms with E-state index >= 15 is 0 Å². The zero-order chi connectivity index (χ0) is 14.7. The first-order chi connectivity index (χ1) is 9.49. The van der Waals surface area contributed by atoms with Crippen molar-refractivity contribution in [3.05, 3.63) is 64.7 Å². The summed E-state index contributed by atoms with van der Waals surface area (Å²) in [5.41, 5.74) is 3.30. The molecule has 0 saturated carbocycles. The molecule has 2 rings (SSSR count). The fraction of sp³-hybridized carbons (Fsp3) is 0.118. The number of aryl methyl sites for hydroxylation is 2. The zero-order valence-electron chi connectivity index (χ0n) is 11.4. The highest BCUT2D eigenvalue weighted by Crippen LogP contribution is 2.26. The van der Waals surface area contributed by atoms with E-state index in [4.69, 9.17) is 0 Å². The van der Waals surface area contributed by atoms with E-state index in [1.54, 1.807) is 24.3 Å². The van der Waals surface area contributed by atoms with E-state index < -0.39 is 5.97 Å². The molecular formula is C17H16O3. The Labute approximate surface area is 117 Å². The highest BCUT2D eigenvalue weighted by molar-refractivity contribution is 6.21. The van der Waals surface area contributed by atoms with Crippen LogP contribution in [0.25, 0.3) is 11.6 Å². The summed E-state index contributed by atoms with van der Waals surface area (Å²) in [7, 11) is 0. The smallest absolute Gasteiger partial charge is 0.336 e. The van der Waals surface area contributed by atoms with Crippen molar-refractivity contribution in [2.45, 2.75) is 13.8 Å². The van der Waals surface area contributed by atoms with Gasteiger partial charge in [0.1, 0.15) is 5.75 Å². The van der Waals surface area contributed by atoms with E-state index in [-0.39, 0.29) is 11.3 Å². The second-order valence-electron chi connectivity index (χ2n) is 4.74. The van der Waals surface area contributed by atoms with E-state index in [1.165, 1.54) is 12.1 Å². The average Bonchev–Trinajstić information content (AvgIpc) is 2.38. The number of aromatic hydroxyl groups is 1. The lowest BCUT2D eigenvalue weighted by molar-refractivity contribution is -0.130. The van der Waals surface area contributed by atoms with Gasteiger partial charge in [-0.15, -0.1) is 0 Å². The van der Waals surface area contributed by atoms with Gasteiger partial charge in [0, 0.05) is 5.56 Å². The van der Waals surface area contributed by atoms with Crippen molar-refractivity contribution in [3.63, 3.8) is 0 Å². The Kier molecular flexibility index (Phi) is 3.89. The first-order valence-corrected chi connectivity index (χ1v) is 6.29. The van der Waals surface area contributed by atoms with Gasteiger partial charge in [-0.3, -0.25) is 0 Å². The number of aliphatic carboxylic acids is 1. The average molecular weight is 268 g/mol. The second-order valence-corrected chi connectivity index (χ2v) is 4.74. The van der Waals surface area contributed by atoms with Crippen LogP contribution < -0.4 is 0 Å². The van der Waals surface area contributed by atoms with Gasteiger partial charge in [-0.1, -0.05) is 42.0 Å². The summed E-state index contributed by atoms with van der Waals surface area (Å²) in [4.78, 5) is 11.5. The van der Waals surface area contributed by atoms with Gasteiger partial charge in [-0.05, 0) is 37.1 Å². The minimum atomic E-state index is -1.01. The van der Waals surface area contributed by atoms with E-state index in [2.05, 4.69) is 0 Å². The summed E-state index contributed by atoms with van der Waals surface area (Å²) in [5, 5.41) is 19.2. The molecule has 0 aliphatic carbocycles. The van der Waals surface area contributed by atoms with Crippen molar-refractivity contribution in [1.82, 2.24) is 0 Å². The standard InChI is InChI=1S/C17H16O3/c1-11-7-8-14(12(2)9-11)15(17(19)20)10-13-5-3-4-6-16(13)18/h3-10,18H,1-2H3,(H,19,20)/b15-10-. The van der Waals surface area contributed by atoms with Crippen LogP contribution in [0.2, 0.25) is 0 Å². The lowest BCUT2D eigenvalue weighted by Gasteiger charge is -2.08. The third kappa shape index (κ3) is 2.88. The molecule has 0 fully saturated rings. The number of phenolic OH excluding ortho intramolecular Hbond substituents is 1. The molecule has 0 aliphatic heterocycles. The van der Waals surface area contributed by atoms with Crippen molar-refractivity contribution in [3.8, 4) is 5.75 Å². The summed E-state index contributed by atoms with van der Waals surface area (Å²) in [5.74, 6) is -0.948. The molecule has 20 heavy (non-hydrogen) atoms. The van der Waals surface area contributed by atoms with Gasteiger partial charge in [0.25, 0.3) is 0 Å². The number of benzene rings is 2. The van der Waals surface area contributed by atoms with Gasteiger partial charge in [0.2, 0.25) is 0 Å². The van der Waals surface area contributed by atoms with Crippen LogP contribution in [-0.2, 0) is 4.79 Å². The third-order valence-electron chi connectivity index (χ3n) is 3.14. The molecule has 2 aromatic carbocycles. The summed E-state index contributed by atoms with van der Waals surface area (Å²) in [6.45, 7) is 3.84. The first-order valence-electron chi connectivity index (χ1n) is 6.29. The SMILES string of the molecule is Cc1ccc(/C(=C/c2ccccc2O)C(=O)O)c(C)c1. The highest BCUT2D eigenvalue weighted by atomic mass is 16.4. The summed E-state index contributed by atoms with van der Waals surface area (Å²) in [6, 6.07) is 12.3. The number of phenols is 1. The van der Waals surface area contributed by atoms with E-state index in [0.717, 1.165) is 11.1 Å². The van der Waals surface area contributed by atoms with Gasteiger partial charge in [-0.2, -0.15) is 0 Å². The van der Waals surface area contributed by atoms with E-state index in [9.17, 15) is 15.0 Å². The quantitative estimate of drug-likeness (QED) is 0.660. The van der Waals surface area contributed by atoms with Gasteiger partial charge in [0.05, 0.1) is 5.57 Å². The molecule has 0 saturated heterocycles. The number of para-hydroxylation sites is 1. The molecule has 2 aromatic rings. The molecular weight excluding hydrogens is 252 g/mol. The van der Waals surface area contributed by atoms with Crippen molar-refractivity contribution >= 4 is 17.6 Å². The van der Waals surface area contributed by atoms with Gasteiger partial charge in [-0.25, -0.2) is 4.79 Å². The van der Waals surface area contributed by atoms with Crippen LogP contribution in [0.3, 0.4) is 0 Å². The maximum Gasteiger partial charge on any atom is 0.336 e. The predicted octanol–water partition coefficient (Wildman–Crippen LogP) is 3.63. The molecule has 0 atom stereocenters. The zero-order valence-corrected chi connectivity index (χ0v) is 11.4. The first kappa shape index (κ1) is 13.9. The van der Waals surface area contributed by atoms with E-state index in [0.29, 0.717) is 11.1 Å². The molecule has 3 nitrogen and oxygen atoms in total. The van der Waals surface area contributed by atoms with E-state index in [1.807, 2.05) is 26.0 Å². The van der Waals surface area contributed by atoms with Crippen molar-refractivity contribution < 1.29 is 15.0 Å². The van der Waals surface area contributed by atoms with Gasteiger partial charge in [0.15, 0.2) is 0 Å². The maximum absolute atomic E-state index is 11.5. The Morgan fingerprint density at radius 1 is 1.10 bits per heavy atom. The minimum absolute atomic E-state index is 0.0658. The van der Waals surface area contributed by atoms with Gasteiger partial charge >= 0.3 is 5.97 Å². The Balaban J connectivity index is 2.58. The fourth-order valence-electron chi connectivity index (χ4n) is 2.14. The third-order valence-corrected chi connectivity index (χ3v) is 3.14.